The van der Waals surface area contributed by atoms with Crippen LogP contribution in [0.2, 0.25) is 0 Å². The normalized spacial score (nSPS) is 24.7. The number of anilines is 1. The van der Waals surface area contributed by atoms with Crippen LogP contribution in [-0.4, -0.2) is 33.1 Å². The van der Waals surface area contributed by atoms with Gasteiger partial charge in [-0.15, -0.1) is 5.10 Å². The van der Waals surface area contributed by atoms with E-state index >= 15 is 0 Å². The number of carbonyl (C=O) groups is 2. The minimum atomic E-state index is -0.391. The number of aromatic nitrogens is 3. The third-order valence-corrected chi connectivity index (χ3v) is 4.87. The third kappa shape index (κ3) is 2.27. The Bertz CT molecular complexity index is 808. The number of pyridine rings is 1. The van der Waals surface area contributed by atoms with Crippen LogP contribution in [0.4, 0.5) is 5.82 Å². The lowest BCUT2D eigenvalue weighted by atomic mass is 9.86. The molecule has 0 unspecified atom stereocenters. The molecule has 0 spiro atoms. The number of amides is 1. The molecular formula is C16H19N5O2. The summed E-state index contributed by atoms with van der Waals surface area (Å²) in [6, 6.07) is 3.85. The first-order valence-electron chi connectivity index (χ1n) is 8.03. The first-order chi connectivity index (χ1) is 11.1. The van der Waals surface area contributed by atoms with Gasteiger partial charge in [-0.25, -0.2) is 4.98 Å². The predicted octanol–water partition coefficient (Wildman–Crippen LogP) is 1.30. The second kappa shape index (κ2) is 5.04. The quantitative estimate of drug-likeness (QED) is 0.870. The fourth-order valence-corrected chi connectivity index (χ4v) is 3.23. The van der Waals surface area contributed by atoms with E-state index in [1.165, 1.54) is 4.68 Å². The molecular weight excluding hydrogens is 294 g/mol. The highest BCUT2D eigenvalue weighted by molar-refractivity contribution is 5.97. The van der Waals surface area contributed by atoms with Gasteiger partial charge in [-0.1, -0.05) is 6.92 Å². The summed E-state index contributed by atoms with van der Waals surface area (Å²) < 4.78 is 1.30. The molecule has 1 amide bonds. The van der Waals surface area contributed by atoms with Gasteiger partial charge in [0, 0.05) is 24.1 Å². The van der Waals surface area contributed by atoms with Gasteiger partial charge in [0.15, 0.2) is 11.5 Å². The van der Waals surface area contributed by atoms with Crippen molar-refractivity contribution in [3.63, 3.8) is 0 Å². The van der Waals surface area contributed by atoms with Crippen LogP contribution in [0.15, 0.2) is 12.1 Å². The highest BCUT2D eigenvalue weighted by atomic mass is 16.2. The Hall–Kier alpha value is -2.44. The second-order valence-corrected chi connectivity index (χ2v) is 6.49. The van der Waals surface area contributed by atoms with E-state index in [4.69, 9.17) is 5.73 Å². The Balaban J connectivity index is 1.76. The summed E-state index contributed by atoms with van der Waals surface area (Å²) in [7, 11) is 0. The molecule has 0 aromatic carbocycles. The molecule has 1 saturated carbocycles. The second-order valence-electron chi connectivity index (χ2n) is 6.49. The molecule has 1 aliphatic heterocycles. The van der Waals surface area contributed by atoms with Crippen molar-refractivity contribution in [3.05, 3.63) is 17.8 Å². The summed E-state index contributed by atoms with van der Waals surface area (Å²) in [5.41, 5.74) is 7.44. The number of hydrogen-bond acceptors (Lipinski definition) is 5. The number of fused-ring (bicyclic) bond motifs is 1. The van der Waals surface area contributed by atoms with Gasteiger partial charge in [-0.2, -0.15) is 4.68 Å². The SMILES string of the molecule is C[C@@H]1C(=O)NCC[C@@H]1C(=O)n1nc(N)c2ccc(C3CC3)nc21. The number of rotatable bonds is 2. The first kappa shape index (κ1) is 14.2. The fraction of sp³-hybridized carbons (Fsp3) is 0.500. The van der Waals surface area contributed by atoms with E-state index < -0.39 is 5.92 Å². The number of nitrogens with zero attached hydrogens (tertiary/aromatic N) is 3. The van der Waals surface area contributed by atoms with Gasteiger partial charge in [0.2, 0.25) is 5.91 Å². The van der Waals surface area contributed by atoms with Crippen LogP contribution in [0.3, 0.4) is 0 Å². The van der Waals surface area contributed by atoms with E-state index in [0.29, 0.717) is 35.7 Å². The van der Waals surface area contributed by atoms with Gasteiger partial charge in [-0.05, 0) is 31.4 Å². The van der Waals surface area contributed by atoms with E-state index in [1.807, 2.05) is 12.1 Å². The molecule has 120 valence electrons. The van der Waals surface area contributed by atoms with Crippen molar-refractivity contribution >= 4 is 28.7 Å². The summed E-state index contributed by atoms with van der Waals surface area (Å²) in [5.74, 6) is -0.268. The number of nitrogen functional groups attached to an aromatic ring is 1. The lowest BCUT2D eigenvalue weighted by molar-refractivity contribution is -0.127. The standard InChI is InChI=1S/C16H19N5O2/c1-8-10(6-7-18-15(8)22)16(23)21-14-11(13(17)20-21)4-5-12(19-14)9-2-3-9/h4-5,8-10H,2-3,6-7H2,1H3,(H2,17,20)(H,18,22)/t8-,10-/m0/s1. The molecule has 2 atom stereocenters. The molecule has 4 rings (SSSR count). The van der Waals surface area contributed by atoms with Crippen LogP contribution in [0.25, 0.3) is 11.0 Å². The van der Waals surface area contributed by atoms with Crippen LogP contribution in [0, 0.1) is 11.8 Å². The summed E-state index contributed by atoms with van der Waals surface area (Å²) >= 11 is 0. The summed E-state index contributed by atoms with van der Waals surface area (Å²) in [6.45, 7) is 2.28. The Morgan fingerprint density at radius 3 is 2.87 bits per heavy atom. The number of piperidine rings is 1. The van der Waals surface area contributed by atoms with Crippen LogP contribution in [0.5, 0.6) is 0 Å². The Morgan fingerprint density at radius 1 is 1.35 bits per heavy atom. The van der Waals surface area contributed by atoms with Gasteiger partial charge in [0.1, 0.15) is 0 Å². The Labute approximate surface area is 133 Å². The molecule has 7 heteroatoms. The molecule has 3 heterocycles. The highest BCUT2D eigenvalue weighted by Gasteiger charge is 2.36. The molecule has 23 heavy (non-hydrogen) atoms. The maximum Gasteiger partial charge on any atom is 0.252 e. The van der Waals surface area contributed by atoms with E-state index in [9.17, 15) is 9.59 Å². The number of carbonyl (C=O) groups excluding carboxylic acids is 2. The highest BCUT2D eigenvalue weighted by Crippen LogP contribution is 2.39. The molecule has 1 aliphatic carbocycles. The third-order valence-electron chi connectivity index (χ3n) is 4.87. The van der Waals surface area contributed by atoms with Crippen molar-refractivity contribution in [1.29, 1.82) is 0 Å². The largest absolute Gasteiger partial charge is 0.382 e. The zero-order chi connectivity index (χ0) is 16.1. The maximum atomic E-state index is 12.9. The lowest BCUT2D eigenvalue weighted by Crippen LogP contribution is -2.45. The fourth-order valence-electron chi connectivity index (χ4n) is 3.23. The van der Waals surface area contributed by atoms with Gasteiger partial charge < -0.3 is 11.1 Å². The molecule has 2 fully saturated rings. The van der Waals surface area contributed by atoms with Gasteiger partial charge in [0.05, 0.1) is 11.3 Å². The van der Waals surface area contributed by atoms with E-state index in [1.54, 1.807) is 6.92 Å². The summed E-state index contributed by atoms with van der Waals surface area (Å²) in [4.78, 5) is 29.3. The van der Waals surface area contributed by atoms with Gasteiger partial charge in [0.25, 0.3) is 5.91 Å². The summed E-state index contributed by atoms with van der Waals surface area (Å²) in [5, 5.41) is 7.67. The topological polar surface area (TPSA) is 103 Å². The first-order valence-corrected chi connectivity index (χ1v) is 8.03. The van der Waals surface area contributed by atoms with Crippen LogP contribution >= 0.6 is 0 Å². The average molecular weight is 313 g/mol. The van der Waals surface area contributed by atoms with Crippen LogP contribution in [0.1, 0.15) is 42.6 Å². The molecule has 2 aromatic rings. The number of nitrogens with one attached hydrogen (secondary N) is 1. The van der Waals surface area contributed by atoms with Crippen LogP contribution in [-0.2, 0) is 4.79 Å². The van der Waals surface area contributed by atoms with Gasteiger partial charge in [-0.3, -0.25) is 9.59 Å². The molecule has 0 bridgehead atoms. The Morgan fingerprint density at radius 2 is 2.13 bits per heavy atom. The maximum absolute atomic E-state index is 12.9. The van der Waals surface area contributed by atoms with Gasteiger partial charge >= 0.3 is 0 Å². The van der Waals surface area contributed by atoms with Crippen molar-refractivity contribution in [2.75, 3.05) is 12.3 Å². The van der Waals surface area contributed by atoms with Crippen molar-refractivity contribution < 1.29 is 9.59 Å². The molecule has 1 saturated heterocycles. The van der Waals surface area contributed by atoms with E-state index in [2.05, 4.69) is 15.4 Å². The van der Waals surface area contributed by atoms with Crippen molar-refractivity contribution in [3.8, 4) is 0 Å². The van der Waals surface area contributed by atoms with E-state index in [-0.39, 0.29) is 17.7 Å². The van der Waals surface area contributed by atoms with Crippen LogP contribution < -0.4 is 11.1 Å². The van der Waals surface area contributed by atoms with Crippen molar-refractivity contribution in [2.24, 2.45) is 11.8 Å². The Kier molecular flexibility index (Phi) is 3.11. The monoisotopic (exact) mass is 313 g/mol. The van der Waals surface area contributed by atoms with E-state index in [0.717, 1.165) is 18.5 Å². The average Bonchev–Trinajstić information content (AvgIpc) is 3.34. The molecule has 7 nitrogen and oxygen atoms in total. The molecule has 0 radical (unpaired) electrons. The molecule has 3 N–H and O–H groups in total. The minimum Gasteiger partial charge on any atom is -0.382 e. The number of hydrogen-bond donors (Lipinski definition) is 2. The minimum absolute atomic E-state index is 0.0920. The summed E-state index contributed by atoms with van der Waals surface area (Å²) in [6.07, 6.45) is 2.88. The smallest absolute Gasteiger partial charge is 0.252 e. The van der Waals surface area contributed by atoms with Crippen molar-refractivity contribution in [1.82, 2.24) is 20.1 Å². The molecule has 2 aliphatic rings. The lowest BCUT2D eigenvalue weighted by Gasteiger charge is -2.26. The predicted molar refractivity (Wildman–Crippen MR) is 84.8 cm³/mol. The van der Waals surface area contributed by atoms with Crippen molar-refractivity contribution in [2.45, 2.75) is 32.1 Å². The number of nitrogens with two attached hydrogens (primary N) is 1. The zero-order valence-corrected chi connectivity index (χ0v) is 13.0. The molecule has 2 aromatic heterocycles. The zero-order valence-electron chi connectivity index (χ0n) is 13.0.